The Balaban J connectivity index is 1.22. The lowest BCUT2D eigenvalue weighted by Crippen LogP contribution is -2.51. The molecule has 2 atom stereocenters. The van der Waals surface area contributed by atoms with Crippen molar-refractivity contribution in [1.82, 2.24) is 15.3 Å². The molecule has 3 aromatic rings. The Kier molecular flexibility index (Phi) is 11.8. The van der Waals surface area contributed by atoms with E-state index in [1.807, 2.05) is 84.0 Å². The van der Waals surface area contributed by atoms with Crippen LogP contribution in [0.3, 0.4) is 0 Å². The highest BCUT2D eigenvalue weighted by atomic mass is 32.2. The molecule has 14 heteroatoms. The number of carbonyl (C=O) groups excluding carboxylic acids is 1. The molecule has 0 radical (unpaired) electrons. The van der Waals surface area contributed by atoms with Gasteiger partial charge >= 0.3 is 7.82 Å². The summed E-state index contributed by atoms with van der Waals surface area (Å²) in [6, 6.07) is 13.7. The number of aryl methyl sites for hydroxylation is 1. The van der Waals surface area contributed by atoms with E-state index in [1.165, 1.54) is 6.92 Å². The number of carbonyl (C=O) groups is 1. The molecule has 5 rings (SSSR count). The zero-order valence-electron chi connectivity index (χ0n) is 31.5. The number of aromatic nitrogens is 2. The molecule has 1 saturated carbocycles. The number of hydrogen-bond acceptors (Lipinski definition) is 10. The number of phosphoric ester groups is 1. The fourth-order valence-corrected chi connectivity index (χ4v) is 8.55. The summed E-state index contributed by atoms with van der Waals surface area (Å²) in [7, 11) is -7.63. The van der Waals surface area contributed by atoms with Gasteiger partial charge in [-0.05, 0) is 116 Å². The highest BCUT2D eigenvalue weighted by Gasteiger charge is 2.48. The first-order chi connectivity index (χ1) is 24.2. The topological polar surface area (TPSA) is 144 Å². The average molecular weight is 758 g/mol. The minimum Gasteiger partial charge on any atom is -0.350 e. The minimum atomic E-state index is -3.82. The first-order valence-corrected chi connectivity index (χ1v) is 21.1. The third kappa shape index (κ3) is 10.3. The van der Waals surface area contributed by atoms with Crippen molar-refractivity contribution in [1.29, 1.82) is 0 Å². The molecule has 0 bridgehead atoms. The highest BCUT2D eigenvalue weighted by molar-refractivity contribution is 7.92. The van der Waals surface area contributed by atoms with Gasteiger partial charge in [0.15, 0.2) is 20.9 Å². The van der Waals surface area contributed by atoms with Gasteiger partial charge in [0, 0.05) is 47.8 Å². The van der Waals surface area contributed by atoms with Crippen LogP contribution in [0.5, 0.6) is 0 Å². The van der Waals surface area contributed by atoms with Crippen molar-refractivity contribution in [2.24, 2.45) is 0 Å². The number of rotatable bonds is 13. The number of nitrogens with one attached hydrogen (secondary N) is 1. The molecule has 1 N–H and O–H groups in total. The van der Waals surface area contributed by atoms with Gasteiger partial charge in [-0.2, -0.15) is 5.10 Å². The van der Waals surface area contributed by atoms with E-state index in [0.717, 1.165) is 59.5 Å². The van der Waals surface area contributed by atoms with Crippen LogP contribution in [0.4, 0.5) is 0 Å². The SMILES string of the molecule is CC(C)(C)OP(=O)(OCC1(c2ccc(C#Cc3ccc4c(cnn4CC[C@](C)(C(=O)NOC4CCCCO4)S(C)(=O)=O)c3)cc2)CC1)OC(C)(C)C. The van der Waals surface area contributed by atoms with Crippen molar-refractivity contribution in [2.45, 2.75) is 121 Å². The first kappa shape index (κ1) is 40.1. The largest absolute Gasteiger partial charge is 0.475 e. The molecule has 2 aliphatic rings. The van der Waals surface area contributed by atoms with Gasteiger partial charge in [0.1, 0.15) is 0 Å². The highest BCUT2D eigenvalue weighted by Crippen LogP contribution is 2.59. The molecule has 1 aromatic heterocycles. The number of ether oxygens (including phenoxy) is 1. The molecule has 52 heavy (non-hydrogen) atoms. The van der Waals surface area contributed by atoms with E-state index < -0.39 is 45.8 Å². The summed E-state index contributed by atoms with van der Waals surface area (Å²) < 4.78 is 62.1. The molecule has 1 amide bonds. The van der Waals surface area contributed by atoms with E-state index in [9.17, 15) is 17.8 Å². The monoisotopic (exact) mass is 757 g/mol. The predicted molar refractivity (Wildman–Crippen MR) is 199 cm³/mol. The van der Waals surface area contributed by atoms with Gasteiger partial charge in [-0.1, -0.05) is 24.0 Å². The summed E-state index contributed by atoms with van der Waals surface area (Å²) in [4.78, 5) is 18.5. The quantitative estimate of drug-likeness (QED) is 0.110. The first-order valence-electron chi connectivity index (χ1n) is 17.7. The lowest BCUT2D eigenvalue weighted by atomic mass is 9.96. The number of benzene rings is 2. The van der Waals surface area contributed by atoms with Crippen molar-refractivity contribution in [3.63, 3.8) is 0 Å². The van der Waals surface area contributed by atoms with Gasteiger partial charge in [0.05, 0.1) is 29.5 Å². The summed E-state index contributed by atoms with van der Waals surface area (Å²) in [5.41, 5.74) is 4.17. The van der Waals surface area contributed by atoms with Gasteiger partial charge < -0.3 is 4.74 Å². The maximum Gasteiger partial charge on any atom is 0.475 e. The van der Waals surface area contributed by atoms with Gasteiger partial charge in [-0.3, -0.25) is 23.0 Å². The van der Waals surface area contributed by atoms with Crippen LogP contribution in [-0.4, -0.2) is 65.8 Å². The van der Waals surface area contributed by atoms with Crippen molar-refractivity contribution in [2.75, 3.05) is 19.5 Å². The van der Waals surface area contributed by atoms with E-state index >= 15 is 0 Å². The van der Waals surface area contributed by atoms with Crippen LogP contribution >= 0.6 is 7.82 Å². The molecule has 0 spiro atoms. The molecular weight excluding hydrogens is 705 g/mol. The summed E-state index contributed by atoms with van der Waals surface area (Å²) >= 11 is 0. The lowest BCUT2D eigenvalue weighted by Gasteiger charge is -2.32. The molecule has 1 saturated heterocycles. The number of amides is 1. The van der Waals surface area contributed by atoms with E-state index in [2.05, 4.69) is 22.4 Å². The average Bonchev–Trinajstić information content (AvgIpc) is 3.75. The number of fused-ring (bicyclic) bond motifs is 1. The number of hydrogen-bond donors (Lipinski definition) is 1. The number of sulfone groups is 1. The number of nitrogens with zero attached hydrogens (tertiary/aromatic N) is 2. The normalized spacial score (nSPS) is 19.0. The number of hydroxylamine groups is 1. The van der Waals surface area contributed by atoms with Crippen LogP contribution in [0, 0.1) is 11.8 Å². The van der Waals surface area contributed by atoms with E-state index in [4.69, 9.17) is 23.1 Å². The van der Waals surface area contributed by atoms with Gasteiger partial charge in [0.2, 0.25) is 0 Å². The number of phosphoric acid groups is 1. The predicted octanol–water partition coefficient (Wildman–Crippen LogP) is 6.99. The molecule has 1 aliphatic carbocycles. The summed E-state index contributed by atoms with van der Waals surface area (Å²) in [5, 5.41) is 5.31. The van der Waals surface area contributed by atoms with Gasteiger partial charge in [-0.25, -0.2) is 23.3 Å². The minimum absolute atomic E-state index is 0.0109. The molecule has 1 aliphatic heterocycles. The van der Waals surface area contributed by atoms with Gasteiger partial charge in [-0.15, -0.1) is 0 Å². The van der Waals surface area contributed by atoms with Crippen molar-refractivity contribution in [3.8, 4) is 11.8 Å². The Bertz CT molecular complexity index is 1940. The van der Waals surface area contributed by atoms with Crippen molar-refractivity contribution < 1.29 is 40.9 Å². The van der Waals surface area contributed by atoms with Crippen LogP contribution in [-0.2, 0) is 54.3 Å². The van der Waals surface area contributed by atoms with Crippen molar-refractivity contribution in [3.05, 3.63) is 65.4 Å². The second-order valence-corrected chi connectivity index (χ2v) is 19.9. The Hall–Kier alpha value is -3.08. The zero-order valence-corrected chi connectivity index (χ0v) is 33.2. The third-order valence-corrected chi connectivity index (χ3v) is 13.1. The van der Waals surface area contributed by atoms with Crippen LogP contribution < -0.4 is 5.48 Å². The van der Waals surface area contributed by atoms with E-state index in [-0.39, 0.29) is 25.0 Å². The lowest BCUT2D eigenvalue weighted by molar-refractivity contribution is -0.201. The fourth-order valence-electron chi connectivity index (χ4n) is 5.82. The molecule has 2 heterocycles. The maximum absolute atomic E-state index is 13.6. The molecule has 284 valence electrons. The van der Waals surface area contributed by atoms with Crippen LogP contribution in [0.1, 0.15) is 104 Å². The van der Waals surface area contributed by atoms with Gasteiger partial charge in [0.25, 0.3) is 5.91 Å². The van der Waals surface area contributed by atoms with Crippen LogP contribution in [0.25, 0.3) is 10.9 Å². The van der Waals surface area contributed by atoms with E-state index in [1.54, 1.807) is 10.9 Å². The fraction of sp³-hybridized carbons (Fsp3) is 0.579. The smallest absolute Gasteiger partial charge is 0.350 e. The Morgan fingerprint density at radius 2 is 1.63 bits per heavy atom. The molecule has 12 nitrogen and oxygen atoms in total. The molecule has 2 fully saturated rings. The third-order valence-electron chi connectivity index (χ3n) is 9.13. The standard InChI is InChI=1S/C38H52N3O9PS/c1-35(2,3)49-51(43,50-36(4,5)6)47-27-38(20-21-38)31-17-14-28(15-18-31)12-13-29-16-19-32-30(25-29)26-39-41(32)23-22-37(7,52(8,44)45)34(42)40-48-33-11-9-10-24-46-33/h14-19,25-26,33H,9-11,20-24,27H2,1-8H3,(H,40,42)/t33?,37-/m1/s1. The zero-order chi connectivity index (χ0) is 38.0. The van der Waals surface area contributed by atoms with Crippen molar-refractivity contribution >= 4 is 34.5 Å². The Labute approximate surface area is 307 Å². The second-order valence-electron chi connectivity index (χ2n) is 16.0. The molecular formula is C38H52N3O9PS. The summed E-state index contributed by atoms with van der Waals surface area (Å²) in [6.45, 7) is 13.3. The Morgan fingerprint density at radius 1 is 1.00 bits per heavy atom. The Morgan fingerprint density at radius 3 is 2.21 bits per heavy atom. The summed E-state index contributed by atoms with van der Waals surface area (Å²) in [5.74, 6) is 5.70. The molecule has 1 unspecified atom stereocenters. The maximum atomic E-state index is 13.6. The van der Waals surface area contributed by atoms with Crippen LogP contribution in [0.2, 0.25) is 0 Å². The second kappa shape index (κ2) is 15.3. The van der Waals surface area contributed by atoms with Crippen LogP contribution in [0.15, 0.2) is 48.7 Å². The summed E-state index contributed by atoms with van der Waals surface area (Å²) in [6.07, 6.45) is 6.41. The van der Waals surface area contributed by atoms with E-state index in [0.29, 0.717) is 13.0 Å². The molecule has 2 aromatic carbocycles.